The van der Waals surface area contributed by atoms with Gasteiger partial charge in [0.25, 0.3) is 5.91 Å². The maximum absolute atomic E-state index is 12.6. The quantitative estimate of drug-likeness (QED) is 0.817. The number of aliphatic carboxylic acids is 1. The number of ether oxygens (including phenoxy) is 1. The maximum Gasteiger partial charge on any atom is 0.311 e. The van der Waals surface area contributed by atoms with Crippen LogP contribution in [0.15, 0.2) is 0 Å². The average Bonchev–Trinajstić information content (AvgIpc) is 3.04. The van der Waals surface area contributed by atoms with Gasteiger partial charge in [-0.25, -0.2) is 0 Å². The van der Waals surface area contributed by atoms with Crippen LogP contribution in [0.3, 0.4) is 0 Å². The Morgan fingerprint density at radius 1 is 1.38 bits per heavy atom. The molecule has 0 bridgehead atoms. The molecule has 118 valence electrons. The Bertz CT molecular complexity index is 441. The zero-order valence-electron chi connectivity index (χ0n) is 12.6. The summed E-state index contributed by atoms with van der Waals surface area (Å²) in [4.78, 5) is 28.3. The van der Waals surface area contributed by atoms with Gasteiger partial charge in [0.1, 0.15) is 6.10 Å². The van der Waals surface area contributed by atoms with E-state index in [0.29, 0.717) is 32.7 Å². The lowest BCUT2D eigenvalue weighted by Crippen LogP contribution is -2.51. The van der Waals surface area contributed by atoms with Gasteiger partial charge in [0.15, 0.2) is 0 Å². The lowest BCUT2D eigenvalue weighted by Gasteiger charge is -2.33. The summed E-state index contributed by atoms with van der Waals surface area (Å²) in [5.74, 6) is -0.645. The molecule has 3 atom stereocenters. The van der Waals surface area contributed by atoms with Crippen LogP contribution in [-0.2, 0) is 14.3 Å². The highest BCUT2D eigenvalue weighted by Gasteiger charge is 2.56. The molecular weight excluding hydrogens is 272 g/mol. The van der Waals surface area contributed by atoms with Crippen molar-refractivity contribution in [1.29, 1.82) is 0 Å². The van der Waals surface area contributed by atoms with E-state index in [1.165, 1.54) is 0 Å². The minimum absolute atomic E-state index is 0.0248. The standard InChI is InChI=1S/C15H24N2O4/c1-2-16-6-7-21-12(9-16)13(18)17-8-11-4-3-5-15(11,10-17)14(19)20/h11-12H,2-10H2,1H3,(H,19,20)/t11-,12?,15+/m0/s1. The van der Waals surface area contributed by atoms with E-state index in [1.54, 1.807) is 4.90 Å². The van der Waals surface area contributed by atoms with Gasteiger partial charge in [-0.3, -0.25) is 14.5 Å². The topological polar surface area (TPSA) is 70.1 Å². The van der Waals surface area contributed by atoms with E-state index in [0.717, 1.165) is 25.9 Å². The van der Waals surface area contributed by atoms with E-state index in [9.17, 15) is 14.7 Å². The number of nitrogens with zero attached hydrogens (tertiary/aromatic N) is 2. The van der Waals surface area contributed by atoms with Gasteiger partial charge in [0.05, 0.1) is 12.0 Å². The molecule has 0 aromatic heterocycles. The molecule has 2 heterocycles. The molecule has 0 aromatic rings. The van der Waals surface area contributed by atoms with Crippen molar-refractivity contribution >= 4 is 11.9 Å². The second kappa shape index (κ2) is 5.57. The first-order valence-electron chi connectivity index (χ1n) is 7.93. The fourth-order valence-corrected chi connectivity index (χ4v) is 4.15. The molecule has 1 saturated carbocycles. The Kier molecular flexibility index (Phi) is 3.92. The summed E-state index contributed by atoms with van der Waals surface area (Å²) in [7, 11) is 0. The third-order valence-corrected chi connectivity index (χ3v) is 5.48. The van der Waals surface area contributed by atoms with Crippen molar-refractivity contribution in [3.8, 4) is 0 Å². The van der Waals surface area contributed by atoms with E-state index in [2.05, 4.69) is 11.8 Å². The number of carboxylic acids is 1. The molecule has 6 heteroatoms. The summed E-state index contributed by atoms with van der Waals surface area (Å²) in [6.07, 6.45) is 2.15. The SMILES string of the molecule is CCN1CCOC(C(=O)N2C[C@@H]3CCC[C@@]3(C(=O)O)C2)C1. The fraction of sp³-hybridized carbons (Fsp3) is 0.867. The normalized spacial score (nSPS) is 36.7. The lowest BCUT2D eigenvalue weighted by molar-refractivity contribution is -0.152. The highest BCUT2D eigenvalue weighted by Crippen LogP contribution is 2.49. The second-order valence-electron chi connectivity index (χ2n) is 6.52. The first kappa shape index (κ1) is 14.8. The lowest BCUT2D eigenvalue weighted by atomic mass is 9.81. The predicted octanol–water partition coefficient (Wildman–Crippen LogP) is 0.420. The van der Waals surface area contributed by atoms with E-state index in [1.807, 2.05) is 0 Å². The number of likely N-dealkylation sites (N-methyl/N-ethyl adjacent to an activating group) is 1. The van der Waals surface area contributed by atoms with Crippen molar-refractivity contribution in [2.45, 2.75) is 32.3 Å². The van der Waals surface area contributed by atoms with Crippen LogP contribution in [-0.4, -0.2) is 72.2 Å². The van der Waals surface area contributed by atoms with Crippen LogP contribution in [0.4, 0.5) is 0 Å². The van der Waals surface area contributed by atoms with Gasteiger partial charge in [-0.2, -0.15) is 0 Å². The zero-order chi connectivity index (χ0) is 15.0. The summed E-state index contributed by atoms with van der Waals surface area (Å²) >= 11 is 0. The molecule has 2 saturated heterocycles. The van der Waals surface area contributed by atoms with Crippen molar-refractivity contribution in [1.82, 2.24) is 9.80 Å². The number of hydrogen-bond acceptors (Lipinski definition) is 4. The average molecular weight is 296 g/mol. The van der Waals surface area contributed by atoms with Crippen molar-refractivity contribution < 1.29 is 19.4 Å². The summed E-state index contributed by atoms with van der Waals surface area (Å²) < 4.78 is 5.62. The molecule has 1 aliphatic carbocycles. The maximum atomic E-state index is 12.6. The molecule has 3 fully saturated rings. The number of carbonyl (C=O) groups is 2. The number of carboxylic acid groups (broad SMARTS) is 1. The summed E-state index contributed by atoms with van der Waals surface area (Å²) in [5, 5.41) is 9.59. The van der Waals surface area contributed by atoms with Gasteiger partial charge in [0, 0.05) is 26.2 Å². The fourth-order valence-electron chi connectivity index (χ4n) is 4.15. The number of fused-ring (bicyclic) bond motifs is 1. The third-order valence-electron chi connectivity index (χ3n) is 5.48. The third kappa shape index (κ3) is 2.44. The minimum atomic E-state index is -0.736. The smallest absolute Gasteiger partial charge is 0.311 e. The molecule has 3 rings (SSSR count). The van der Waals surface area contributed by atoms with Crippen LogP contribution >= 0.6 is 0 Å². The van der Waals surface area contributed by atoms with Gasteiger partial charge < -0.3 is 14.7 Å². The molecule has 3 aliphatic rings. The van der Waals surface area contributed by atoms with Crippen LogP contribution in [0.2, 0.25) is 0 Å². The van der Waals surface area contributed by atoms with Crippen molar-refractivity contribution in [2.24, 2.45) is 11.3 Å². The van der Waals surface area contributed by atoms with Crippen molar-refractivity contribution in [3.63, 3.8) is 0 Å². The first-order valence-corrected chi connectivity index (χ1v) is 7.93. The molecule has 0 aromatic carbocycles. The van der Waals surface area contributed by atoms with Crippen molar-refractivity contribution in [3.05, 3.63) is 0 Å². The molecular formula is C15H24N2O4. The van der Waals surface area contributed by atoms with Crippen LogP contribution in [0.5, 0.6) is 0 Å². The van der Waals surface area contributed by atoms with Crippen molar-refractivity contribution in [2.75, 3.05) is 39.3 Å². The summed E-state index contributed by atoms with van der Waals surface area (Å²) in [6.45, 7) is 5.99. The highest BCUT2D eigenvalue weighted by atomic mass is 16.5. The Labute approximate surface area is 125 Å². The molecule has 2 aliphatic heterocycles. The predicted molar refractivity (Wildman–Crippen MR) is 75.8 cm³/mol. The molecule has 0 spiro atoms. The van der Waals surface area contributed by atoms with Gasteiger partial charge >= 0.3 is 5.97 Å². The van der Waals surface area contributed by atoms with Crippen LogP contribution in [0.25, 0.3) is 0 Å². The monoisotopic (exact) mass is 296 g/mol. The number of hydrogen-bond donors (Lipinski definition) is 1. The zero-order valence-corrected chi connectivity index (χ0v) is 12.6. The molecule has 1 amide bonds. The van der Waals surface area contributed by atoms with Gasteiger partial charge in [-0.15, -0.1) is 0 Å². The molecule has 1 N–H and O–H groups in total. The highest BCUT2D eigenvalue weighted by molar-refractivity contribution is 5.84. The first-order chi connectivity index (χ1) is 10.1. The number of likely N-dealkylation sites (tertiary alicyclic amines) is 1. The Morgan fingerprint density at radius 2 is 2.19 bits per heavy atom. The minimum Gasteiger partial charge on any atom is -0.481 e. The number of amides is 1. The van der Waals surface area contributed by atoms with Gasteiger partial charge in [0.2, 0.25) is 0 Å². The Balaban J connectivity index is 1.68. The second-order valence-corrected chi connectivity index (χ2v) is 6.52. The van der Waals surface area contributed by atoms with Crippen LogP contribution in [0.1, 0.15) is 26.2 Å². The van der Waals surface area contributed by atoms with Crippen LogP contribution < -0.4 is 0 Å². The van der Waals surface area contributed by atoms with Crippen LogP contribution in [0, 0.1) is 11.3 Å². The van der Waals surface area contributed by atoms with E-state index in [-0.39, 0.29) is 11.8 Å². The number of carbonyl (C=O) groups excluding carboxylic acids is 1. The number of morpholine rings is 1. The summed E-state index contributed by atoms with van der Waals surface area (Å²) in [6, 6.07) is 0. The molecule has 6 nitrogen and oxygen atoms in total. The largest absolute Gasteiger partial charge is 0.481 e. The Hall–Kier alpha value is -1.14. The van der Waals surface area contributed by atoms with Gasteiger partial charge in [-0.05, 0) is 25.3 Å². The number of rotatable bonds is 3. The summed E-state index contributed by atoms with van der Waals surface area (Å²) in [5.41, 5.74) is -0.700. The van der Waals surface area contributed by atoms with E-state index >= 15 is 0 Å². The van der Waals surface area contributed by atoms with E-state index in [4.69, 9.17) is 4.74 Å². The molecule has 1 unspecified atom stereocenters. The molecule has 0 radical (unpaired) electrons. The van der Waals surface area contributed by atoms with E-state index < -0.39 is 17.5 Å². The van der Waals surface area contributed by atoms with Gasteiger partial charge in [-0.1, -0.05) is 13.3 Å². The molecule has 21 heavy (non-hydrogen) atoms. The Morgan fingerprint density at radius 3 is 2.86 bits per heavy atom.